The highest BCUT2D eigenvalue weighted by Crippen LogP contribution is 2.25. The molecular weight excluding hydrogens is 194 g/mol. The van der Waals surface area contributed by atoms with Crippen LogP contribution in [0.3, 0.4) is 0 Å². The average molecular weight is 217 g/mol. The first-order valence-electron chi connectivity index (χ1n) is 6.57. The lowest BCUT2D eigenvalue weighted by Crippen LogP contribution is -2.26. The normalized spacial score (nSPS) is 17.1. The molecule has 1 aromatic carbocycles. The summed E-state index contributed by atoms with van der Waals surface area (Å²) in [5.74, 6) is 0.973. The number of benzene rings is 1. The molecule has 0 saturated heterocycles. The minimum Gasteiger partial charge on any atom is -0.306 e. The summed E-state index contributed by atoms with van der Waals surface area (Å²) in [6.45, 7) is 2.49. The number of likely N-dealkylation sites (N-methyl/N-ethyl adjacent to an activating group) is 1. The summed E-state index contributed by atoms with van der Waals surface area (Å²) in [4.78, 5) is 2.50. The van der Waals surface area contributed by atoms with E-state index in [1.807, 2.05) is 0 Å². The van der Waals surface area contributed by atoms with Crippen molar-refractivity contribution in [3.63, 3.8) is 0 Å². The second-order valence-electron chi connectivity index (χ2n) is 5.15. The van der Waals surface area contributed by atoms with Crippen LogP contribution in [0.4, 0.5) is 0 Å². The summed E-state index contributed by atoms with van der Waals surface area (Å²) in [6, 6.07) is 10.8. The van der Waals surface area contributed by atoms with E-state index in [2.05, 4.69) is 42.3 Å². The average Bonchev–Trinajstić information content (AvgIpc) is 2.81. The Morgan fingerprint density at radius 1 is 1.12 bits per heavy atom. The number of rotatable bonds is 5. The van der Waals surface area contributed by atoms with Crippen LogP contribution in [-0.2, 0) is 6.42 Å². The van der Waals surface area contributed by atoms with Crippen molar-refractivity contribution >= 4 is 0 Å². The fraction of sp³-hybridized carbons (Fsp3) is 0.600. The van der Waals surface area contributed by atoms with Crippen LogP contribution in [0.2, 0.25) is 0 Å². The van der Waals surface area contributed by atoms with Gasteiger partial charge in [0.2, 0.25) is 0 Å². The molecule has 1 aliphatic rings. The zero-order chi connectivity index (χ0) is 11.2. The first-order valence-corrected chi connectivity index (χ1v) is 6.57. The third-order valence-corrected chi connectivity index (χ3v) is 3.67. The van der Waals surface area contributed by atoms with Gasteiger partial charge in [-0.1, -0.05) is 43.2 Å². The predicted octanol–water partition coefficient (Wildman–Crippen LogP) is 3.35. The summed E-state index contributed by atoms with van der Waals surface area (Å²) in [5, 5.41) is 0. The Balaban J connectivity index is 1.69. The summed E-state index contributed by atoms with van der Waals surface area (Å²) < 4.78 is 0. The molecule has 0 N–H and O–H groups in total. The van der Waals surface area contributed by atoms with Gasteiger partial charge < -0.3 is 4.90 Å². The highest BCUT2D eigenvalue weighted by Gasteiger charge is 2.16. The maximum absolute atomic E-state index is 2.50. The van der Waals surface area contributed by atoms with Crippen LogP contribution in [0.25, 0.3) is 0 Å². The molecule has 0 radical (unpaired) electrons. The van der Waals surface area contributed by atoms with Gasteiger partial charge in [-0.25, -0.2) is 0 Å². The molecule has 1 fully saturated rings. The van der Waals surface area contributed by atoms with Crippen LogP contribution in [0.1, 0.15) is 31.2 Å². The molecule has 2 rings (SSSR count). The van der Waals surface area contributed by atoms with E-state index in [9.17, 15) is 0 Å². The molecule has 0 bridgehead atoms. The monoisotopic (exact) mass is 217 g/mol. The Labute approximate surface area is 99.5 Å². The van der Waals surface area contributed by atoms with Gasteiger partial charge in [-0.2, -0.15) is 0 Å². The van der Waals surface area contributed by atoms with E-state index in [0.717, 1.165) is 5.92 Å². The topological polar surface area (TPSA) is 3.24 Å². The molecule has 0 aliphatic heterocycles. The van der Waals surface area contributed by atoms with Gasteiger partial charge in [0.05, 0.1) is 0 Å². The highest BCUT2D eigenvalue weighted by molar-refractivity contribution is 5.14. The molecule has 16 heavy (non-hydrogen) atoms. The highest BCUT2D eigenvalue weighted by atomic mass is 15.1. The van der Waals surface area contributed by atoms with Crippen molar-refractivity contribution in [3.8, 4) is 0 Å². The Kier molecular flexibility index (Phi) is 4.41. The summed E-state index contributed by atoms with van der Waals surface area (Å²) in [5.41, 5.74) is 1.46. The fourth-order valence-corrected chi connectivity index (χ4v) is 2.69. The molecule has 0 atom stereocenters. The molecule has 1 aliphatic carbocycles. The van der Waals surface area contributed by atoms with Crippen LogP contribution in [-0.4, -0.2) is 25.0 Å². The van der Waals surface area contributed by atoms with Gasteiger partial charge in [0.1, 0.15) is 0 Å². The quantitative estimate of drug-likeness (QED) is 0.731. The minimum atomic E-state index is 0.973. The van der Waals surface area contributed by atoms with E-state index in [-0.39, 0.29) is 0 Å². The van der Waals surface area contributed by atoms with E-state index < -0.39 is 0 Å². The summed E-state index contributed by atoms with van der Waals surface area (Å²) >= 11 is 0. The smallest absolute Gasteiger partial charge is 0.00189 e. The van der Waals surface area contributed by atoms with Crippen molar-refractivity contribution in [3.05, 3.63) is 35.9 Å². The van der Waals surface area contributed by atoms with Crippen LogP contribution in [0, 0.1) is 5.92 Å². The minimum absolute atomic E-state index is 0.973. The molecule has 88 valence electrons. The van der Waals surface area contributed by atoms with Gasteiger partial charge in [0.25, 0.3) is 0 Å². The van der Waals surface area contributed by atoms with Crippen molar-refractivity contribution in [2.24, 2.45) is 5.92 Å². The second kappa shape index (κ2) is 6.05. The van der Waals surface area contributed by atoms with Crippen molar-refractivity contribution < 1.29 is 0 Å². The Hall–Kier alpha value is -0.820. The van der Waals surface area contributed by atoms with Crippen LogP contribution in [0.5, 0.6) is 0 Å². The van der Waals surface area contributed by atoms with Gasteiger partial charge in [-0.3, -0.25) is 0 Å². The molecule has 0 heterocycles. The molecule has 1 heteroatoms. The standard InChI is InChI=1S/C15H23N/c1-16(13-15-9-5-6-10-15)12-11-14-7-3-2-4-8-14/h2-4,7-8,15H,5-6,9-13H2,1H3. The fourth-order valence-electron chi connectivity index (χ4n) is 2.69. The van der Waals surface area contributed by atoms with Gasteiger partial charge in [-0.15, -0.1) is 0 Å². The van der Waals surface area contributed by atoms with Gasteiger partial charge in [-0.05, 0) is 37.8 Å². The molecule has 0 aromatic heterocycles. The summed E-state index contributed by atoms with van der Waals surface area (Å²) in [6.07, 6.45) is 7.00. The molecule has 1 aromatic rings. The number of hydrogen-bond donors (Lipinski definition) is 0. The third kappa shape index (κ3) is 3.64. The van der Waals surface area contributed by atoms with E-state index in [4.69, 9.17) is 0 Å². The molecular formula is C15H23N. The lowest BCUT2D eigenvalue weighted by molar-refractivity contribution is 0.281. The van der Waals surface area contributed by atoms with Crippen molar-refractivity contribution in [1.82, 2.24) is 4.90 Å². The van der Waals surface area contributed by atoms with Crippen molar-refractivity contribution in [1.29, 1.82) is 0 Å². The van der Waals surface area contributed by atoms with Crippen LogP contribution >= 0.6 is 0 Å². The molecule has 0 unspecified atom stereocenters. The second-order valence-corrected chi connectivity index (χ2v) is 5.15. The molecule has 0 amide bonds. The van der Waals surface area contributed by atoms with Crippen molar-refractivity contribution in [2.45, 2.75) is 32.1 Å². The first kappa shape index (κ1) is 11.7. The zero-order valence-electron chi connectivity index (χ0n) is 10.4. The Morgan fingerprint density at radius 3 is 2.50 bits per heavy atom. The largest absolute Gasteiger partial charge is 0.306 e. The number of hydrogen-bond acceptors (Lipinski definition) is 1. The predicted molar refractivity (Wildman–Crippen MR) is 69.6 cm³/mol. The van der Waals surface area contributed by atoms with Crippen LogP contribution in [0.15, 0.2) is 30.3 Å². The van der Waals surface area contributed by atoms with E-state index in [1.54, 1.807) is 0 Å². The first-order chi connectivity index (χ1) is 7.84. The Morgan fingerprint density at radius 2 is 1.81 bits per heavy atom. The maximum atomic E-state index is 2.50. The third-order valence-electron chi connectivity index (χ3n) is 3.67. The van der Waals surface area contributed by atoms with Crippen LogP contribution < -0.4 is 0 Å². The van der Waals surface area contributed by atoms with Crippen molar-refractivity contribution in [2.75, 3.05) is 20.1 Å². The van der Waals surface area contributed by atoms with E-state index >= 15 is 0 Å². The van der Waals surface area contributed by atoms with Gasteiger partial charge in [0, 0.05) is 13.1 Å². The summed E-state index contributed by atoms with van der Waals surface area (Å²) in [7, 11) is 2.27. The van der Waals surface area contributed by atoms with Gasteiger partial charge >= 0.3 is 0 Å². The number of nitrogens with zero attached hydrogens (tertiary/aromatic N) is 1. The zero-order valence-corrected chi connectivity index (χ0v) is 10.4. The van der Waals surface area contributed by atoms with Gasteiger partial charge in [0.15, 0.2) is 0 Å². The SMILES string of the molecule is CN(CCc1ccccc1)CC1CCCC1. The lowest BCUT2D eigenvalue weighted by Gasteiger charge is -2.20. The molecule has 0 spiro atoms. The molecule has 1 nitrogen and oxygen atoms in total. The van der Waals surface area contributed by atoms with E-state index in [1.165, 1.54) is 50.8 Å². The van der Waals surface area contributed by atoms with E-state index in [0.29, 0.717) is 0 Å². The Bertz CT molecular complexity index is 288. The molecule has 1 saturated carbocycles. The lowest BCUT2D eigenvalue weighted by atomic mass is 10.1. The maximum Gasteiger partial charge on any atom is 0.00189 e.